The normalized spacial score (nSPS) is 9.71. The average Bonchev–Trinajstić information content (AvgIpc) is 2.72. The largest absolute Gasteiger partial charge is 0.451 e. The zero-order chi connectivity index (χ0) is 9.80. The Morgan fingerprint density at radius 2 is 2.29 bits per heavy atom. The fourth-order valence-corrected chi connectivity index (χ4v) is 0.942. The van der Waals surface area contributed by atoms with Gasteiger partial charge in [0.15, 0.2) is 12.1 Å². The number of hydrogen-bond donors (Lipinski definition) is 1. The van der Waals surface area contributed by atoms with E-state index in [2.05, 4.69) is 19.7 Å². The monoisotopic (exact) mass is 189 g/mol. The van der Waals surface area contributed by atoms with Gasteiger partial charge in [-0.25, -0.2) is 9.97 Å². The number of amides is 1. The molecule has 0 atom stereocenters. The SMILES string of the molecule is O=C(Nc1ccccn1)c1cocn1. The number of hydrogen-bond acceptors (Lipinski definition) is 4. The third-order valence-corrected chi connectivity index (χ3v) is 1.57. The predicted molar refractivity (Wildman–Crippen MR) is 48.7 cm³/mol. The van der Waals surface area contributed by atoms with E-state index in [1.165, 1.54) is 12.7 Å². The average molecular weight is 189 g/mol. The van der Waals surface area contributed by atoms with Crippen molar-refractivity contribution in [3.05, 3.63) is 42.7 Å². The number of carbonyl (C=O) groups is 1. The first kappa shape index (κ1) is 8.43. The Hall–Kier alpha value is -2.17. The summed E-state index contributed by atoms with van der Waals surface area (Å²) in [6.45, 7) is 0. The molecule has 14 heavy (non-hydrogen) atoms. The second kappa shape index (κ2) is 3.69. The Kier molecular flexibility index (Phi) is 2.22. The van der Waals surface area contributed by atoms with Gasteiger partial charge in [-0.2, -0.15) is 0 Å². The summed E-state index contributed by atoms with van der Waals surface area (Å²) in [6, 6.07) is 5.25. The molecule has 1 N–H and O–H groups in total. The number of anilines is 1. The molecule has 0 aromatic carbocycles. The molecule has 0 bridgehead atoms. The highest BCUT2D eigenvalue weighted by Gasteiger charge is 2.08. The fraction of sp³-hybridized carbons (Fsp3) is 0. The van der Waals surface area contributed by atoms with Gasteiger partial charge in [-0.3, -0.25) is 4.79 Å². The van der Waals surface area contributed by atoms with E-state index in [1.807, 2.05) is 0 Å². The van der Waals surface area contributed by atoms with Crippen molar-refractivity contribution in [1.82, 2.24) is 9.97 Å². The number of pyridine rings is 1. The number of nitrogens with one attached hydrogen (secondary N) is 1. The van der Waals surface area contributed by atoms with E-state index in [0.717, 1.165) is 0 Å². The van der Waals surface area contributed by atoms with Gasteiger partial charge in [0.05, 0.1) is 0 Å². The summed E-state index contributed by atoms with van der Waals surface area (Å²) in [5, 5.41) is 2.57. The zero-order valence-electron chi connectivity index (χ0n) is 7.18. The third-order valence-electron chi connectivity index (χ3n) is 1.57. The molecule has 70 valence electrons. The van der Waals surface area contributed by atoms with Gasteiger partial charge in [-0.15, -0.1) is 0 Å². The minimum Gasteiger partial charge on any atom is -0.451 e. The van der Waals surface area contributed by atoms with E-state index < -0.39 is 0 Å². The molecule has 1 amide bonds. The Morgan fingerprint density at radius 1 is 1.36 bits per heavy atom. The molecule has 0 unspecified atom stereocenters. The van der Waals surface area contributed by atoms with Gasteiger partial charge in [-0.1, -0.05) is 6.07 Å². The number of oxazole rings is 1. The molecule has 0 saturated heterocycles. The Morgan fingerprint density at radius 3 is 2.93 bits per heavy atom. The first-order valence-electron chi connectivity index (χ1n) is 3.97. The van der Waals surface area contributed by atoms with Gasteiger partial charge in [0.1, 0.15) is 12.1 Å². The summed E-state index contributed by atoms with van der Waals surface area (Å²) in [4.78, 5) is 19.0. The summed E-state index contributed by atoms with van der Waals surface area (Å²) in [5.74, 6) is 0.151. The van der Waals surface area contributed by atoms with Gasteiger partial charge in [0.25, 0.3) is 5.91 Å². The highest BCUT2D eigenvalue weighted by atomic mass is 16.3. The maximum Gasteiger partial charge on any atom is 0.278 e. The lowest BCUT2D eigenvalue weighted by atomic mass is 10.4. The van der Waals surface area contributed by atoms with Gasteiger partial charge < -0.3 is 9.73 Å². The minimum atomic E-state index is -0.336. The Labute approximate surface area is 79.8 Å². The number of nitrogens with zero attached hydrogens (tertiary/aromatic N) is 2. The van der Waals surface area contributed by atoms with E-state index in [9.17, 15) is 4.79 Å². The van der Waals surface area contributed by atoms with Crippen LogP contribution in [0.5, 0.6) is 0 Å². The second-order valence-corrected chi connectivity index (χ2v) is 2.54. The second-order valence-electron chi connectivity index (χ2n) is 2.54. The van der Waals surface area contributed by atoms with Crippen LogP contribution in [0.15, 0.2) is 41.5 Å². The third kappa shape index (κ3) is 1.77. The molecule has 0 saturated carbocycles. The number of carbonyl (C=O) groups excluding carboxylic acids is 1. The minimum absolute atomic E-state index is 0.232. The summed E-state index contributed by atoms with van der Waals surface area (Å²) < 4.78 is 4.68. The Balaban J connectivity index is 2.10. The van der Waals surface area contributed by atoms with Crippen molar-refractivity contribution in [1.29, 1.82) is 0 Å². The van der Waals surface area contributed by atoms with Crippen molar-refractivity contribution in [2.45, 2.75) is 0 Å². The van der Waals surface area contributed by atoms with Crippen molar-refractivity contribution in [2.75, 3.05) is 5.32 Å². The van der Waals surface area contributed by atoms with Crippen molar-refractivity contribution >= 4 is 11.7 Å². The maximum atomic E-state index is 11.4. The highest BCUT2D eigenvalue weighted by Crippen LogP contribution is 2.03. The molecule has 0 aliphatic rings. The molecule has 2 aromatic heterocycles. The summed E-state index contributed by atoms with van der Waals surface area (Å²) in [6.07, 6.45) is 4.07. The highest BCUT2D eigenvalue weighted by molar-refractivity contribution is 6.01. The van der Waals surface area contributed by atoms with E-state index >= 15 is 0 Å². The molecule has 5 heteroatoms. The van der Waals surface area contributed by atoms with E-state index in [1.54, 1.807) is 24.4 Å². The van der Waals surface area contributed by atoms with Crippen molar-refractivity contribution in [2.24, 2.45) is 0 Å². The van der Waals surface area contributed by atoms with Crippen LogP contribution in [0, 0.1) is 0 Å². The Bertz CT molecular complexity index is 411. The molecule has 0 aliphatic heterocycles. The van der Waals surface area contributed by atoms with Gasteiger partial charge >= 0.3 is 0 Å². The molecule has 2 aromatic rings. The summed E-state index contributed by atoms with van der Waals surface area (Å²) in [5.41, 5.74) is 0.232. The first-order valence-corrected chi connectivity index (χ1v) is 3.97. The molecule has 0 spiro atoms. The molecule has 0 radical (unpaired) electrons. The van der Waals surface area contributed by atoms with E-state index in [0.29, 0.717) is 5.82 Å². The van der Waals surface area contributed by atoms with Crippen LogP contribution in [-0.2, 0) is 0 Å². The lowest BCUT2D eigenvalue weighted by Crippen LogP contribution is -2.12. The van der Waals surface area contributed by atoms with Gasteiger partial charge in [-0.05, 0) is 12.1 Å². The lowest BCUT2D eigenvalue weighted by molar-refractivity contribution is 0.102. The van der Waals surface area contributed by atoms with Crippen molar-refractivity contribution < 1.29 is 9.21 Å². The number of rotatable bonds is 2. The fourth-order valence-electron chi connectivity index (χ4n) is 0.942. The molecule has 5 nitrogen and oxygen atoms in total. The van der Waals surface area contributed by atoms with Crippen LogP contribution in [-0.4, -0.2) is 15.9 Å². The first-order chi connectivity index (χ1) is 6.86. The van der Waals surface area contributed by atoms with Crippen LogP contribution in [0.2, 0.25) is 0 Å². The van der Waals surface area contributed by atoms with E-state index in [4.69, 9.17) is 0 Å². The van der Waals surface area contributed by atoms with Crippen LogP contribution in [0.1, 0.15) is 10.5 Å². The standard InChI is InChI=1S/C9H7N3O2/c13-9(7-5-14-6-11-7)12-8-3-1-2-4-10-8/h1-6H,(H,10,12,13). The molecule has 0 fully saturated rings. The van der Waals surface area contributed by atoms with Crippen molar-refractivity contribution in [3.8, 4) is 0 Å². The summed E-state index contributed by atoms with van der Waals surface area (Å²) in [7, 11) is 0. The van der Waals surface area contributed by atoms with Crippen LogP contribution in [0.3, 0.4) is 0 Å². The predicted octanol–water partition coefficient (Wildman–Crippen LogP) is 1.32. The topological polar surface area (TPSA) is 68.0 Å². The molecule has 2 rings (SSSR count). The van der Waals surface area contributed by atoms with E-state index in [-0.39, 0.29) is 11.6 Å². The lowest BCUT2D eigenvalue weighted by Gasteiger charge is -1.99. The molecular formula is C9H7N3O2. The van der Waals surface area contributed by atoms with Crippen LogP contribution >= 0.6 is 0 Å². The quantitative estimate of drug-likeness (QED) is 0.773. The maximum absolute atomic E-state index is 11.4. The van der Waals surface area contributed by atoms with Gasteiger partial charge in [0.2, 0.25) is 0 Å². The van der Waals surface area contributed by atoms with Crippen LogP contribution in [0.25, 0.3) is 0 Å². The van der Waals surface area contributed by atoms with Crippen molar-refractivity contribution in [3.63, 3.8) is 0 Å². The van der Waals surface area contributed by atoms with Crippen LogP contribution in [0.4, 0.5) is 5.82 Å². The molecule has 2 heterocycles. The molecular weight excluding hydrogens is 182 g/mol. The smallest absolute Gasteiger partial charge is 0.278 e. The van der Waals surface area contributed by atoms with Gasteiger partial charge in [0, 0.05) is 6.20 Å². The zero-order valence-corrected chi connectivity index (χ0v) is 7.18. The number of aromatic nitrogens is 2. The van der Waals surface area contributed by atoms with Crippen LogP contribution < -0.4 is 5.32 Å². The molecule has 0 aliphatic carbocycles. The summed E-state index contributed by atoms with van der Waals surface area (Å²) >= 11 is 0.